The zero-order valence-electron chi connectivity index (χ0n) is 10.3. The van der Waals surface area contributed by atoms with Gasteiger partial charge in [0.15, 0.2) is 0 Å². The molecule has 1 heterocycles. The molecule has 0 fully saturated rings. The van der Waals surface area contributed by atoms with Gasteiger partial charge < -0.3 is 15.6 Å². The van der Waals surface area contributed by atoms with Gasteiger partial charge >= 0.3 is 0 Å². The summed E-state index contributed by atoms with van der Waals surface area (Å²) in [6.45, 7) is 0. The van der Waals surface area contributed by atoms with Crippen LogP contribution in [0.3, 0.4) is 0 Å². The number of aliphatic hydroxyl groups is 1. The van der Waals surface area contributed by atoms with E-state index >= 15 is 0 Å². The highest BCUT2D eigenvalue weighted by Gasteiger charge is 2.23. The van der Waals surface area contributed by atoms with Crippen molar-refractivity contribution >= 4 is 16.6 Å². The molecule has 0 bridgehead atoms. The lowest BCUT2D eigenvalue weighted by Gasteiger charge is -2.23. The molecule has 0 aliphatic heterocycles. The van der Waals surface area contributed by atoms with Crippen LogP contribution in [0.5, 0.6) is 5.75 Å². The molecule has 1 aromatic heterocycles. The summed E-state index contributed by atoms with van der Waals surface area (Å²) in [4.78, 5) is 4.62. The number of aromatic nitrogens is 1. The van der Waals surface area contributed by atoms with E-state index in [1.165, 1.54) is 0 Å². The maximum absolute atomic E-state index is 10.1. The van der Waals surface area contributed by atoms with E-state index in [0.717, 1.165) is 47.2 Å². The van der Waals surface area contributed by atoms with Gasteiger partial charge in [-0.05, 0) is 31.4 Å². The minimum atomic E-state index is -0.479. The molecule has 0 amide bonds. The number of anilines is 1. The standard InChI is InChI=1S/C14H16N2O2/c1-18-8-5-6-9-11(7-8)16-10-3-2-4-12(17)13(10)14(9)15/h5-7,12,17H,2-4H2,1H3,(H2,15,16)/t12-/m1/s1. The maximum Gasteiger partial charge on any atom is 0.121 e. The fraction of sp³-hybridized carbons (Fsp3) is 0.357. The van der Waals surface area contributed by atoms with E-state index in [-0.39, 0.29) is 0 Å². The minimum Gasteiger partial charge on any atom is -0.497 e. The van der Waals surface area contributed by atoms with Gasteiger partial charge in [-0.2, -0.15) is 0 Å². The van der Waals surface area contributed by atoms with Gasteiger partial charge in [0, 0.05) is 28.4 Å². The van der Waals surface area contributed by atoms with E-state index in [1.54, 1.807) is 7.11 Å². The SMILES string of the molecule is COc1ccc2c(N)c3c(nc2c1)CCC[C@H]3O. The molecule has 4 nitrogen and oxygen atoms in total. The quantitative estimate of drug-likeness (QED) is 0.807. The third kappa shape index (κ3) is 1.61. The average molecular weight is 244 g/mol. The lowest BCUT2D eigenvalue weighted by Crippen LogP contribution is -2.14. The second kappa shape index (κ2) is 4.14. The number of nitrogen functional groups attached to an aromatic ring is 1. The number of aliphatic hydroxyl groups excluding tert-OH is 1. The smallest absolute Gasteiger partial charge is 0.121 e. The van der Waals surface area contributed by atoms with Crippen molar-refractivity contribution in [2.24, 2.45) is 0 Å². The Morgan fingerprint density at radius 3 is 3.06 bits per heavy atom. The summed E-state index contributed by atoms with van der Waals surface area (Å²) >= 11 is 0. The van der Waals surface area contributed by atoms with Gasteiger partial charge in [-0.1, -0.05) is 0 Å². The monoisotopic (exact) mass is 244 g/mol. The molecule has 1 aromatic carbocycles. The van der Waals surface area contributed by atoms with Crippen molar-refractivity contribution in [3.63, 3.8) is 0 Å². The minimum absolute atomic E-state index is 0.479. The molecule has 0 unspecified atom stereocenters. The summed E-state index contributed by atoms with van der Waals surface area (Å²) in [6, 6.07) is 5.65. The van der Waals surface area contributed by atoms with Gasteiger partial charge in [0.25, 0.3) is 0 Å². The molecule has 0 saturated heterocycles. The van der Waals surface area contributed by atoms with Gasteiger partial charge in [0.2, 0.25) is 0 Å². The van der Waals surface area contributed by atoms with Crippen LogP contribution in [0.4, 0.5) is 5.69 Å². The van der Waals surface area contributed by atoms with Gasteiger partial charge in [0.05, 0.1) is 18.7 Å². The lowest BCUT2D eigenvalue weighted by atomic mass is 9.90. The first kappa shape index (κ1) is 11.3. The Bertz CT molecular complexity index is 610. The Kier molecular flexibility index (Phi) is 2.59. The fourth-order valence-electron chi connectivity index (χ4n) is 2.63. The molecule has 3 N–H and O–H groups in total. The topological polar surface area (TPSA) is 68.4 Å². The molecule has 2 aromatic rings. The largest absolute Gasteiger partial charge is 0.497 e. The number of methoxy groups -OCH3 is 1. The van der Waals surface area contributed by atoms with Crippen LogP contribution in [-0.4, -0.2) is 17.2 Å². The number of aryl methyl sites for hydroxylation is 1. The number of nitrogens with zero attached hydrogens (tertiary/aromatic N) is 1. The summed E-state index contributed by atoms with van der Waals surface area (Å²) in [5.41, 5.74) is 9.41. The van der Waals surface area contributed by atoms with E-state index in [1.807, 2.05) is 18.2 Å². The molecule has 1 atom stereocenters. The van der Waals surface area contributed by atoms with Crippen LogP contribution in [0, 0.1) is 0 Å². The van der Waals surface area contributed by atoms with Crippen LogP contribution in [0.25, 0.3) is 10.9 Å². The first-order valence-corrected chi connectivity index (χ1v) is 6.14. The Hall–Kier alpha value is -1.81. The molecule has 94 valence electrons. The molecule has 0 saturated carbocycles. The van der Waals surface area contributed by atoms with Crippen molar-refractivity contribution in [3.05, 3.63) is 29.5 Å². The normalized spacial score (nSPS) is 18.7. The second-order valence-electron chi connectivity index (χ2n) is 4.68. The van der Waals surface area contributed by atoms with Crippen molar-refractivity contribution in [1.82, 2.24) is 4.98 Å². The highest BCUT2D eigenvalue weighted by Crippen LogP contribution is 2.37. The molecule has 4 heteroatoms. The zero-order valence-corrected chi connectivity index (χ0v) is 10.3. The predicted octanol–water partition coefficient (Wildman–Crippen LogP) is 2.20. The Morgan fingerprint density at radius 2 is 2.28 bits per heavy atom. The first-order chi connectivity index (χ1) is 8.70. The van der Waals surface area contributed by atoms with Crippen molar-refractivity contribution in [2.45, 2.75) is 25.4 Å². The molecule has 3 rings (SSSR count). The van der Waals surface area contributed by atoms with E-state index in [0.29, 0.717) is 5.69 Å². The maximum atomic E-state index is 10.1. The number of benzene rings is 1. The number of hydrogen-bond donors (Lipinski definition) is 2. The van der Waals surface area contributed by atoms with Crippen LogP contribution < -0.4 is 10.5 Å². The van der Waals surface area contributed by atoms with Crippen molar-refractivity contribution in [2.75, 3.05) is 12.8 Å². The summed E-state index contributed by atoms with van der Waals surface area (Å²) in [5, 5.41) is 10.9. The lowest BCUT2D eigenvalue weighted by molar-refractivity contribution is 0.156. The first-order valence-electron chi connectivity index (χ1n) is 6.14. The molecular weight excluding hydrogens is 228 g/mol. The van der Waals surface area contributed by atoms with Gasteiger partial charge in [-0.15, -0.1) is 0 Å². The number of rotatable bonds is 1. The van der Waals surface area contributed by atoms with Gasteiger partial charge in [0.1, 0.15) is 5.75 Å². The van der Waals surface area contributed by atoms with E-state index < -0.39 is 6.10 Å². The average Bonchev–Trinajstić information content (AvgIpc) is 2.38. The highest BCUT2D eigenvalue weighted by molar-refractivity contribution is 5.93. The Balaban J connectivity index is 2.29. The van der Waals surface area contributed by atoms with Crippen molar-refractivity contribution in [3.8, 4) is 5.75 Å². The summed E-state index contributed by atoms with van der Waals surface area (Å²) in [7, 11) is 1.63. The van der Waals surface area contributed by atoms with Crippen LogP contribution in [0.15, 0.2) is 18.2 Å². The molecular formula is C14H16N2O2. The highest BCUT2D eigenvalue weighted by atomic mass is 16.5. The fourth-order valence-corrected chi connectivity index (χ4v) is 2.63. The number of nitrogens with two attached hydrogens (primary N) is 1. The van der Waals surface area contributed by atoms with Crippen LogP contribution in [0.1, 0.15) is 30.2 Å². The van der Waals surface area contributed by atoms with Gasteiger partial charge in [-0.3, -0.25) is 4.98 Å². The molecule has 18 heavy (non-hydrogen) atoms. The van der Waals surface area contributed by atoms with E-state index in [9.17, 15) is 5.11 Å². The number of ether oxygens (including phenoxy) is 1. The zero-order chi connectivity index (χ0) is 12.7. The molecule has 0 radical (unpaired) electrons. The molecule has 1 aliphatic carbocycles. The predicted molar refractivity (Wildman–Crippen MR) is 70.6 cm³/mol. The Labute approximate surface area is 105 Å². The van der Waals surface area contributed by atoms with Crippen molar-refractivity contribution < 1.29 is 9.84 Å². The molecule has 0 spiro atoms. The van der Waals surface area contributed by atoms with E-state index in [4.69, 9.17) is 10.5 Å². The summed E-state index contributed by atoms with van der Waals surface area (Å²) in [5.74, 6) is 0.769. The van der Waals surface area contributed by atoms with Gasteiger partial charge in [-0.25, -0.2) is 0 Å². The van der Waals surface area contributed by atoms with Crippen LogP contribution in [-0.2, 0) is 6.42 Å². The van der Waals surface area contributed by atoms with E-state index in [2.05, 4.69) is 4.98 Å². The number of fused-ring (bicyclic) bond motifs is 2. The third-order valence-corrected chi connectivity index (χ3v) is 3.58. The number of pyridine rings is 1. The number of hydrogen-bond acceptors (Lipinski definition) is 4. The molecule has 1 aliphatic rings. The third-order valence-electron chi connectivity index (χ3n) is 3.58. The Morgan fingerprint density at radius 1 is 1.44 bits per heavy atom. The van der Waals surface area contributed by atoms with Crippen LogP contribution >= 0.6 is 0 Å². The summed E-state index contributed by atoms with van der Waals surface area (Å²) < 4.78 is 5.20. The van der Waals surface area contributed by atoms with Crippen LogP contribution in [0.2, 0.25) is 0 Å². The van der Waals surface area contributed by atoms with Crippen molar-refractivity contribution in [1.29, 1.82) is 0 Å². The second-order valence-corrected chi connectivity index (χ2v) is 4.68. The summed E-state index contributed by atoms with van der Waals surface area (Å²) in [6.07, 6.45) is 2.12.